The SMILES string of the molecule is CCCCCCCCCCCCCCCCCCCCCC(=O)O.[SrH2]. The average molecular weight is 430 g/mol. The quantitative estimate of drug-likeness (QED) is 0.167. The number of carboxylic acid groups (broad SMARTS) is 1. The Morgan fingerprint density at radius 2 is 0.760 bits per heavy atom. The van der Waals surface area contributed by atoms with Crippen molar-refractivity contribution in [2.45, 2.75) is 135 Å². The molecule has 0 amide bonds. The second-order valence-electron chi connectivity index (χ2n) is 7.51. The van der Waals surface area contributed by atoms with Gasteiger partial charge in [-0.05, 0) is 6.42 Å². The standard InChI is InChI=1S/C22H44O2.Sr.2H/c1-2-3-4-5-6-7-8-9-10-11-12-13-14-15-16-17-18-19-20-21-22(23)24;;;/h2-21H2,1H3,(H,23,24);;;. The molecule has 0 saturated heterocycles. The van der Waals surface area contributed by atoms with E-state index in [9.17, 15) is 4.79 Å². The summed E-state index contributed by atoms with van der Waals surface area (Å²) in [6.45, 7) is 2.28. The van der Waals surface area contributed by atoms with Crippen molar-refractivity contribution in [2.75, 3.05) is 0 Å². The number of hydrogen-bond acceptors (Lipinski definition) is 1. The topological polar surface area (TPSA) is 37.3 Å². The molecule has 2 nitrogen and oxygen atoms in total. The molecule has 0 fully saturated rings. The van der Waals surface area contributed by atoms with Crippen LogP contribution >= 0.6 is 0 Å². The molecule has 3 heteroatoms. The third-order valence-electron chi connectivity index (χ3n) is 4.99. The van der Waals surface area contributed by atoms with Crippen molar-refractivity contribution in [1.29, 1.82) is 0 Å². The van der Waals surface area contributed by atoms with Gasteiger partial charge in [0.2, 0.25) is 0 Å². The van der Waals surface area contributed by atoms with E-state index >= 15 is 0 Å². The first-order valence-electron chi connectivity index (χ1n) is 11.0. The number of rotatable bonds is 20. The Balaban J connectivity index is 0. The third kappa shape index (κ3) is 27.3. The fraction of sp³-hybridized carbons (Fsp3) is 0.955. The Bertz CT molecular complexity index is 256. The van der Waals surface area contributed by atoms with Crippen molar-refractivity contribution in [1.82, 2.24) is 0 Å². The van der Waals surface area contributed by atoms with Gasteiger partial charge < -0.3 is 5.11 Å². The summed E-state index contributed by atoms with van der Waals surface area (Å²) in [5.41, 5.74) is 0. The summed E-state index contributed by atoms with van der Waals surface area (Å²) in [6, 6.07) is 0. The Kier molecular flexibility index (Phi) is 28.1. The van der Waals surface area contributed by atoms with Crippen LogP contribution in [0.3, 0.4) is 0 Å². The first-order chi connectivity index (χ1) is 11.8. The molecule has 0 atom stereocenters. The van der Waals surface area contributed by atoms with Gasteiger partial charge in [0.25, 0.3) is 0 Å². The molecule has 0 saturated carbocycles. The molecule has 0 unspecified atom stereocenters. The van der Waals surface area contributed by atoms with Gasteiger partial charge in [-0.1, -0.05) is 122 Å². The Morgan fingerprint density at radius 3 is 1.00 bits per heavy atom. The summed E-state index contributed by atoms with van der Waals surface area (Å²) < 4.78 is 0. The van der Waals surface area contributed by atoms with Crippen LogP contribution in [0.4, 0.5) is 0 Å². The second-order valence-corrected chi connectivity index (χ2v) is 7.51. The molecule has 0 aliphatic carbocycles. The summed E-state index contributed by atoms with van der Waals surface area (Å²) in [7, 11) is 0. The molecule has 0 aromatic rings. The summed E-state index contributed by atoms with van der Waals surface area (Å²) in [6.07, 6.45) is 26.1. The van der Waals surface area contributed by atoms with Crippen LogP contribution in [0.5, 0.6) is 0 Å². The molecule has 25 heavy (non-hydrogen) atoms. The van der Waals surface area contributed by atoms with Crippen LogP contribution in [0.15, 0.2) is 0 Å². The van der Waals surface area contributed by atoms with E-state index in [1.807, 2.05) is 0 Å². The van der Waals surface area contributed by atoms with Gasteiger partial charge in [-0.25, -0.2) is 0 Å². The first kappa shape index (κ1) is 28.2. The average Bonchev–Trinajstić information content (AvgIpc) is 2.56. The van der Waals surface area contributed by atoms with Gasteiger partial charge in [0.15, 0.2) is 0 Å². The molecular weight excluding hydrogens is 384 g/mol. The predicted octanol–water partition coefficient (Wildman–Crippen LogP) is 6.98. The van der Waals surface area contributed by atoms with E-state index in [0.717, 1.165) is 12.8 Å². The number of hydrogen-bond donors (Lipinski definition) is 1. The van der Waals surface area contributed by atoms with Gasteiger partial charge in [-0.3, -0.25) is 4.79 Å². The fourth-order valence-corrected chi connectivity index (χ4v) is 3.35. The van der Waals surface area contributed by atoms with Gasteiger partial charge >= 0.3 is 51.5 Å². The fourth-order valence-electron chi connectivity index (χ4n) is 3.35. The molecule has 0 radical (unpaired) electrons. The number of aliphatic carboxylic acids is 1. The normalized spacial score (nSPS) is 10.6. The van der Waals surface area contributed by atoms with Crippen molar-refractivity contribution < 1.29 is 9.90 Å². The van der Waals surface area contributed by atoms with Gasteiger partial charge in [-0.15, -0.1) is 0 Å². The number of carboxylic acids is 1. The molecular formula is C22H46O2Sr. The third-order valence-corrected chi connectivity index (χ3v) is 4.99. The van der Waals surface area contributed by atoms with Gasteiger partial charge in [-0.2, -0.15) is 0 Å². The van der Waals surface area contributed by atoms with Crippen LogP contribution in [0.25, 0.3) is 0 Å². The Morgan fingerprint density at radius 1 is 0.520 bits per heavy atom. The molecule has 0 aromatic heterocycles. The number of unbranched alkanes of at least 4 members (excludes halogenated alkanes) is 18. The second kappa shape index (κ2) is 25.0. The van der Waals surface area contributed by atoms with Crippen LogP contribution in [0, 0.1) is 0 Å². The molecule has 0 bridgehead atoms. The van der Waals surface area contributed by atoms with Crippen molar-refractivity contribution in [3.8, 4) is 0 Å². The zero-order valence-electron chi connectivity index (χ0n) is 16.5. The molecule has 1 N–H and O–H groups in total. The van der Waals surface area contributed by atoms with E-state index in [2.05, 4.69) is 6.92 Å². The number of carbonyl (C=O) groups is 1. The molecule has 148 valence electrons. The maximum absolute atomic E-state index is 10.4. The molecule has 0 heterocycles. The summed E-state index contributed by atoms with van der Waals surface area (Å²) in [5.74, 6) is -0.651. The van der Waals surface area contributed by atoms with Gasteiger partial charge in [0, 0.05) is 6.42 Å². The zero-order chi connectivity index (χ0) is 17.7. The summed E-state index contributed by atoms with van der Waals surface area (Å²) >= 11 is 0. The maximum atomic E-state index is 10.4. The van der Waals surface area contributed by atoms with Crippen LogP contribution < -0.4 is 0 Å². The Labute approximate surface area is 195 Å². The zero-order valence-corrected chi connectivity index (χ0v) is 16.5. The summed E-state index contributed by atoms with van der Waals surface area (Å²) in [4.78, 5) is 10.4. The summed E-state index contributed by atoms with van der Waals surface area (Å²) in [5, 5.41) is 8.56. The predicted molar refractivity (Wildman–Crippen MR) is 114 cm³/mol. The van der Waals surface area contributed by atoms with Crippen molar-refractivity contribution >= 4 is 51.5 Å². The molecule has 0 aromatic carbocycles. The van der Waals surface area contributed by atoms with Crippen molar-refractivity contribution in [3.63, 3.8) is 0 Å². The van der Waals surface area contributed by atoms with Gasteiger partial charge in [0.1, 0.15) is 0 Å². The molecule has 0 aliphatic heterocycles. The van der Waals surface area contributed by atoms with Crippen LogP contribution in [0.1, 0.15) is 135 Å². The van der Waals surface area contributed by atoms with Crippen molar-refractivity contribution in [2.24, 2.45) is 0 Å². The molecule has 0 spiro atoms. The van der Waals surface area contributed by atoms with E-state index in [0.29, 0.717) is 6.42 Å². The first-order valence-corrected chi connectivity index (χ1v) is 11.0. The molecule has 0 aliphatic rings. The van der Waals surface area contributed by atoms with Crippen LogP contribution in [-0.2, 0) is 4.79 Å². The van der Waals surface area contributed by atoms with E-state index in [-0.39, 0.29) is 45.5 Å². The van der Waals surface area contributed by atoms with E-state index in [1.165, 1.54) is 109 Å². The Hall–Kier alpha value is 0.951. The molecule has 0 rings (SSSR count). The van der Waals surface area contributed by atoms with E-state index < -0.39 is 5.97 Å². The van der Waals surface area contributed by atoms with E-state index in [1.54, 1.807) is 0 Å². The van der Waals surface area contributed by atoms with Crippen molar-refractivity contribution in [3.05, 3.63) is 0 Å². The monoisotopic (exact) mass is 430 g/mol. The minimum atomic E-state index is -0.651. The van der Waals surface area contributed by atoms with Crippen LogP contribution in [0.2, 0.25) is 0 Å². The van der Waals surface area contributed by atoms with Gasteiger partial charge in [0.05, 0.1) is 0 Å². The van der Waals surface area contributed by atoms with Crippen LogP contribution in [-0.4, -0.2) is 56.6 Å². The van der Waals surface area contributed by atoms with E-state index in [4.69, 9.17) is 5.11 Å². The minimum absolute atomic E-state index is 0.